The molecule has 0 unspecified atom stereocenters. The molecule has 0 saturated carbocycles. The van der Waals surface area contributed by atoms with Gasteiger partial charge in [0.05, 0.1) is 7.11 Å². The normalized spacial score (nSPS) is 16.3. The third-order valence-corrected chi connectivity index (χ3v) is 5.30. The van der Waals surface area contributed by atoms with Crippen LogP contribution >= 0.6 is 0 Å². The Kier molecular flexibility index (Phi) is 4.92. The van der Waals surface area contributed by atoms with Gasteiger partial charge in [0.1, 0.15) is 17.6 Å². The van der Waals surface area contributed by atoms with Gasteiger partial charge in [0.25, 0.3) is 0 Å². The number of hydrogen-bond acceptors (Lipinski definition) is 4. The van der Waals surface area contributed by atoms with Crippen molar-refractivity contribution >= 4 is 22.6 Å². The Hall–Kier alpha value is -3.06. The van der Waals surface area contributed by atoms with Crippen LogP contribution in [0.3, 0.4) is 0 Å². The Morgan fingerprint density at radius 2 is 1.96 bits per heavy atom. The fourth-order valence-electron chi connectivity index (χ4n) is 3.88. The monoisotopic (exact) mass is 383 g/mol. The van der Waals surface area contributed by atoms with Gasteiger partial charge in [-0.15, -0.1) is 0 Å². The number of anilines is 1. The summed E-state index contributed by atoms with van der Waals surface area (Å²) < 4.78 is 18.7. The number of piperazine rings is 1. The number of aromatic amines is 1. The highest BCUT2D eigenvalue weighted by Gasteiger charge is 2.32. The number of halogens is 1. The Morgan fingerprint density at radius 1 is 1.18 bits per heavy atom. The van der Waals surface area contributed by atoms with Gasteiger partial charge in [-0.25, -0.2) is 4.39 Å². The maximum atomic E-state index is 13.5. The van der Waals surface area contributed by atoms with Gasteiger partial charge in [0.2, 0.25) is 0 Å². The molecule has 2 heterocycles. The van der Waals surface area contributed by atoms with Crippen molar-refractivity contribution in [3.63, 3.8) is 0 Å². The molecule has 2 N–H and O–H groups in total. The summed E-state index contributed by atoms with van der Waals surface area (Å²) in [7, 11) is 1.64. The van der Waals surface area contributed by atoms with E-state index in [4.69, 9.17) is 4.74 Å². The van der Waals surface area contributed by atoms with Crippen molar-refractivity contribution in [3.05, 3.63) is 60.0 Å². The Morgan fingerprint density at radius 3 is 2.68 bits per heavy atom. The number of carboxylic acid groups (broad SMARTS) is 1. The van der Waals surface area contributed by atoms with Crippen LogP contribution in [0.5, 0.6) is 5.75 Å². The lowest BCUT2D eigenvalue weighted by atomic mass is 10.0. The van der Waals surface area contributed by atoms with E-state index < -0.39 is 12.0 Å². The summed E-state index contributed by atoms with van der Waals surface area (Å²) in [5, 5.41) is 10.6. The van der Waals surface area contributed by atoms with Crippen molar-refractivity contribution < 1.29 is 19.0 Å². The van der Waals surface area contributed by atoms with Crippen molar-refractivity contribution in [1.82, 2.24) is 9.88 Å². The largest absolute Gasteiger partial charge is 0.497 e. The van der Waals surface area contributed by atoms with Gasteiger partial charge < -0.3 is 19.7 Å². The van der Waals surface area contributed by atoms with Gasteiger partial charge in [-0.2, -0.15) is 0 Å². The summed E-state index contributed by atoms with van der Waals surface area (Å²) in [6.45, 7) is 2.66. The smallest absolute Gasteiger partial charge is 0.325 e. The lowest BCUT2D eigenvalue weighted by Crippen LogP contribution is -2.49. The highest BCUT2D eigenvalue weighted by molar-refractivity contribution is 5.89. The predicted octanol–water partition coefficient (Wildman–Crippen LogP) is 3.26. The van der Waals surface area contributed by atoms with Crippen LogP contribution in [0.2, 0.25) is 0 Å². The molecule has 1 aromatic heterocycles. The van der Waals surface area contributed by atoms with E-state index in [0.29, 0.717) is 37.3 Å². The summed E-state index contributed by atoms with van der Waals surface area (Å²) in [5.41, 5.74) is 2.34. The molecular weight excluding hydrogens is 361 g/mol. The molecule has 0 aliphatic carbocycles. The second kappa shape index (κ2) is 7.52. The van der Waals surface area contributed by atoms with Crippen molar-refractivity contribution in [2.45, 2.75) is 6.04 Å². The summed E-state index contributed by atoms with van der Waals surface area (Å²) in [4.78, 5) is 19.3. The van der Waals surface area contributed by atoms with E-state index in [2.05, 4.69) is 9.88 Å². The van der Waals surface area contributed by atoms with Crippen LogP contribution in [0.4, 0.5) is 10.1 Å². The maximum absolute atomic E-state index is 13.5. The summed E-state index contributed by atoms with van der Waals surface area (Å²) in [6, 6.07) is 11.5. The minimum Gasteiger partial charge on any atom is -0.497 e. The molecule has 4 rings (SSSR count). The van der Waals surface area contributed by atoms with E-state index in [0.717, 1.165) is 16.8 Å². The minimum absolute atomic E-state index is 0.348. The number of methoxy groups -OCH3 is 1. The fraction of sp³-hybridized carbons (Fsp3) is 0.286. The van der Waals surface area contributed by atoms with Gasteiger partial charge >= 0.3 is 5.97 Å². The molecule has 1 aliphatic rings. The predicted molar refractivity (Wildman–Crippen MR) is 105 cm³/mol. The van der Waals surface area contributed by atoms with E-state index in [1.807, 2.05) is 29.2 Å². The number of carboxylic acids is 1. The number of fused-ring (bicyclic) bond motifs is 1. The molecule has 146 valence electrons. The number of nitrogens with zero attached hydrogens (tertiary/aromatic N) is 2. The number of H-pyrrole nitrogens is 1. The average molecular weight is 383 g/mol. The topological polar surface area (TPSA) is 68.8 Å². The molecule has 3 aromatic rings. The van der Waals surface area contributed by atoms with Crippen molar-refractivity contribution in [2.24, 2.45) is 0 Å². The Bertz CT molecular complexity index is 995. The molecule has 0 spiro atoms. The lowest BCUT2D eigenvalue weighted by Gasteiger charge is -2.38. The second-order valence-electron chi connectivity index (χ2n) is 6.90. The zero-order chi connectivity index (χ0) is 19.7. The maximum Gasteiger partial charge on any atom is 0.325 e. The van der Waals surface area contributed by atoms with Gasteiger partial charge in [-0.05, 0) is 30.3 Å². The van der Waals surface area contributed by atoms with Crippen LogP contribution in [0.1, 0.15) is 11.6 Å². The first-order valence-corrected chi connectivity index (χ1v) is 9.19. The van der Waals surface area contributed by atoms with Crippen molar-refractivity contribution in [2.75, 3.05) is 38.2 Å². The molecule has 2 aromatic carbocycles. The molecule has 0 radical (unpaired) electrons. The average Bonchev–Trinajstić information content (AvgIpc) is 3.11. The zero-order valence-electron chi connectivity index (χ0n) is 15.6. The Labute approximate surface area is 162 Å². The van der Waals surface area contributed by atoms with E-state index in [-0.39, 0.29) is 5.82 Å². The number of aromatic nitrogens is 1. The highest BCUT2D eigenvalue weighted by atomic mass is 19.1. The number of rotatable bonds is 5. The molecule has 6 nitrogen and oxygen atoms in total. The second-order valence-corrected chi connectivity index (χ2v) is 6.90. The number of hydrogen-bond donors (Lipinski definition) is 2. The molecule has 7 heteroatoms. The minimum atomic E-state index is -0.903. The van der Waals surface area contributed by atoms with Crippen LogP contribution in [-0.2, 0) is 4.79 Å². The molecule has 1 saturated heterocycles. The number of benzene rings is 2. The highest BCUT2D eigenvalue weighted by Crippen LogP contribution is 2.31. The summed E-state index contributed by atoms with van der Waals surface area (Å²) in [6.07, 6.45) is 1.68. The van der Waals surface area contributed by atoms with Crippen molar-refractivity contribution in [3.8, 4) is 5.75 Å². The quantitative estimate of drug-likeness (QED) is 0.708. The third-order valence-electron chi connectivity index (χ3n) is 5.30. The SMILES string of the molecule is COc1cccc(N2CCN([C@H](C(=O)O)c3c[nH]c4cc(F)ccc34)CC2)c1. The van der Waals surface area contributed by atoms with Crippen LogP contribution < -0.4 is 9.64 Å². The van der Waals surface area contributed by atoms with Crippen molar-refractivity contribution in [1.29, 1.82) is 0 Å². The number of aliphatic carboxylic acids is 1. The molecule has 1 atom stereocenters. The number of nitrogens with one attached hydrogen (secondary N) is 1. The van der Waals surface area contributed by atoms with Crippen LogP contribution in [-0.4, -0.2) is 54.2 Å². The van der Waals surface area contributed by atoms with E-state index in [1.54, 1.807) is 19.4 Å². The van der Waals surface area contributed by atoms with Gasteiger partial charge in [-0.3, -0.25) is 9.69 Å². The molecule has 0 bridgehead atoms. The third kappa shape index (κ3) is 3.41. The molecular formula is C21H22FN3O3. The zero-order valence-corrected chi connectivity index (χ0v) is 15.6. The fourth-order valence-corrected chi connectivity index (χ4v) is 3.88. The first-order chi connectivity index (χ1) is 13.6. The van der Waals surface area contributed by atoms with Gasteiger partial charge in [0.15, 0.2) is 0 Å². The standard InChI is InChI=1S/C21H22FN3O3/c1-28-16-4-2-3-15(12-16)24-7-9-25(10-8-24)20(21(26)27)18-13-23-19-11-14(22)5-6-17(18)19/h2-6,11-13,20,23H,7-10H2,1H3,(H,26,27)/t20-/m0/s1. The van der Waals surface area contributed by atoms with Gasteiger partial charge in [0, 0.05) is 60.6 Å². The van der Waals surface area contributed by atoms with E-state index in [1.165, 1.54) is 12.1 Å². The molecule has 1 aliphatic heterocycles. The molecule has 1 fully saturated rings. The molecule has 0 amide bonds. The molecule has 28 heavy (non-hydrogen) atoms. The number of carbonyl (C=O) groups is 1. The lowest BCUT2D eigenvalue weighted by molar-refractivity contribution is -0.143. The number of ether oxygens (including phenoxy) is 1. The summed E-state index contributed by atoms with van der Waals surface area (Å²) in [5.74, 6) is -0.450. The first kappa shape index (κ1) is 18.3. The first-order valence-electron chi connectivity index (χ1n) is 9.19. The van der Waals surface area contributed by atoms with Crippen LogP contribution in [0.25, 0.3) is 10.9 Å². The summed E-state index contributed by atoms with van der Waals surface area (Å²) >= 11 is 0. The van der Waals surface area contributed by atoms with E-state index >= 15 is 0 Å². The van der Waals surface area contributed by atoms with Crippen LogP contribution in [0.15, 0.2) is 48.7 Å². The van der Waals surface area contributed by atoms with E-state index in [9.17, 15) is 14.3 Å². The van der Waals surface area contributed by atoms with Gasteiger partial charge in [-0.1, -0.05) is 6.07 Å². The Balaban J connectivity index is 1.54. The van der Waals surface area contributed by atoms with Crippen LogP contribution in [0, 0.1) is 5.82 Å².